The Bertz CT molecular complexity index is 635. The molecule has 22 heavy (non-hydrogen) atoms. The standard InChI is InChI=1S/C16H16N2O4/c19-15(4-3-14-2-1-11-22-14)18(10-7-16(20)21)12-13-5-8-17-9-6-13/h1-6,8-9,11H,7,10,12H2,(H,20,21)/b4-3+. The summed E-state index contributed by atoms with van der Waals surface area (Å²) >= 11 is 0. The Kier molecular flexibility index (Phi) is 5.48. The highest BCUT2D eigenvalue weighted by atomic mass is 16.4. The van der Waals surface area contributed by atoms with Gasteiger partial charge >= 0.3 is 5.97 Å². The van der Waals surface area contributed by atoms with Crippen molar-refractivity contribution in [3.8, 4) is 0 Å². The van der Waals surface area contributed by atoms with Crippen LogP contribution < -0.4 is 0 Å². The number of hydrogen-bond donors (Lipinski definition) is 1. The molecule has 0 aromatic carbocycles. The average Bonchev–Trinajstić information content (AvgIpc) is 3.03. The van der Waals surface area contributed by atoms with Crippen molar-refractivity contribution in [3.63, 3.8) is 0 Å². The van der Waals surface area contributed by atoms with Crippen LogP contribution >= 0.6 is 0 Å². The first-order valence-electron chi connectivity index (χ1n) is 6.76. The van der Waals surface area contributed by atoms with Gasteiger partial charge in [0.2, 0.25) is 5.91 Å². The number of carbonyl (C=O) groups excluding carboxylic acids is 1. The van der Waals surface area contributed by atoms with Crippen LogP contribution in [0.15, 0.2) is 53.4 Å². The summed E-state index contributed by atoms with van der Waals surface area (Å²) in [5.74, 6) is -0.646. The minimum atomic E-state index is -0.942. The minimum Gasteiger partial charge on any atom is -0.481 e. The zero-order valence-corrected chi connectivity index (χ0v) is 11.9. The molecule has 0 saturated heterocycles. The molecule has 2 aromatic heterocycles. The highest BCUT2D eigenvalue weighted by molar-refractivity contribution is 5.91. The van der Waals surface area contributed by atoms with Crippen LogP contribution in [0.5, 0.6) is 0 Å². The third-order valence-electron chi connectivity index (χ3n) is 2.96. The van der Waals surface area contributed by atoms with E-state index in [-0.39, 0.29) is 18.9 Å². The summed E-state index contributed by atoms with van der Waals surface area (Å²) in [5, 5.41) is 8.81. The summed E-state index contributed by atoms with van der Waals surface area (Å²) in [6.45, 7) is 0.468. The van der Waals surface area contributed by atoms with Crippen LogP contribution in [-0.2, 0) is 16.1 Å². The van der Waals surface area contributed by atoms with Gasteiger partial charge in [0.1, 0.15) is 5.76 Å². The molecular weight excluding hydrogens is 284 g/mol. The maximum atomic E-state index is 12.2. The van der Waals surface area contributed by atoms with Crippen molar-refractivity contribution in [2.75, 3.05) is 6.54 Å². The van der Waals surface area contributed by atoms with Gasteiger partial charge in [-0.3, -0.25) is 14.6 Å². The lowest BCUT2D eigenvalue weighted by Crippen LogP contribution is -2.31. The average molecular weight is 300 g/mol. The van der Waals surface area contributed by atoms with E-state index in [4.69, 9.17) is 9.52 Å². The third-order valence-corrected chi connectivity index (χ3v) is 2.96. The summed E-state index contributed by atoms with van der Waals surface area (Å²) in [5.41, 5.74) is 0.889. The molecule has 0 aliphatic carbocycles. The second-order valence-corrected chi connectivity index (χ2v) is 4.61. The predicted molar refractivity (Wildman–Crippen MR) is 79.6 cm³/mol. The highest BCUT2D eigenvalue weighted by Crippen LogP contribution is 2.08. The van der Waals surface area contributed by atoms with Crippen LogP contribution in [0.2, 0.25) is 0 Å². The van der Waals surface area contributed by atoms with Gasteiger partial charge in [0.15, 0.2) is 0 Å². The molecule has 2 heterocycles. The number of amides is 1. The number of rotatable bonds is 7. The largest absolute Gasteiger partial charge is 0.481 e. The van der Waals surface area contributed by atoms with Crippen molar-refractivity contribution in [2.24, 2.45) is 0 Å². The number of furan rings is 1. The van der Waals surface area contributed by atoms with Crippen LogP contribution in [0.3, 0.4) is 0 Å². The van der Waals surface area contributed by atoms with E-state index < -0.39 is 5.97 Å². The summed E-state index contributed by atoms with van der Waals surface area (Å²) in [4.78, 5) is 28.4. The fourth-order valence-electron chi connectivity index (χ4n) is 1.85. The number of carbonyl (C=O) groups is 2. The van der Waals surface area contributed by atoms with Gasteiger partial charge in [-0.25, -0.2) is 0 Å². The molecule has 0 unspecified atom stereocenters. The molecular formula is C16H16N2O4. The van der Waals surface area contributed by atoms with Crippen molar-refractivity contribution >= 4 is 18.0 Å². The van der Waals surface area contributed by atoms with Gasteiger partial charge < -0.3 is 14.4 Å². The lowest BCUT2D eigenvalue weighted by Gasteiger charge is -2.20. The van der Waals surface area contributed by atoms with E-state index in [1.165, 1.54) is 17.2 Å². The summed E-state index contributed by atoms with van der Waals surface area (Å²) in [7, 11) is 0. The Morgan fingerprint density at radius 1 is 1.27 bits per heavy atom. The first-order valence-corrected chi connectivity index (χ1v) is 6.76. The molecule has 0 spiro atoms. The van der Waals surface area contributed by atoms with Crippen LogP contribution in [0, 0.1) is 0 Å². The Hall–Kier alpha value is -2.89. The monoisotopic (exact) mass is 300 g/mol. The molecule has 6 heteroatoms. The van der Waals surface area contributed by atoms with Crippen molar-refractivity contribution in [1.29, 1.82) is 0 Å². The highest BCUT2D eigenvalue weighted by Gasteiger charge is 2.13. The molecule has 2 aromatic rings. The Morgan fingerprint density at radius 2 is 2.05 bits per heavy atom. The molecule has 0 atom stereocenters. The number of carboxylic acid groups (broad SMARTS) is 1. The van der Waals surface area contributed by atoms with Crippen LogP contribution in [0.4, 0.5) is 0 Å². The molecule has 6 nitrogen and oxygen atoms in total. The lowest BCUT2D eigenvalue weighted by atomic mass is 10.2. The third kappa shape index (κ3) is 4.90. The quantitative estimate of drug-likeness (QED) is 0.792. The molecule has 0 bridgehead atoms. The minimum absolute atomic E-state index is 0.106. The predicted octanol–water partition coefficient (Wildman–Crippen LogP) is 2.19. The van der Waals surface area contributed by atoms with Crippen molar-refractivity contribution in [1.82, 2.24) is 9.88 Å². The summed E-state index contributed by atoms with van der Waals surface area (Å²) < 4.78 is 5.12. The number of hydrogen-bond acceptors (Lipinski definition) is 4. The Morgan fingerprint density at radius 3 is 2.68 bits per heavy atom. The Balaban J connectivity index is 2.05. The van der Waals surface area contributed by atoms with E-state index in [9.17, 15) is 9.59 Å². The second-order valence-electron chi connectivity index (χ2n) is 4.61. The fraction of sp³-hybridized carbons (Fsp3) is 0.188. The van der Waals surface area contributed by atoms with Gasteiger partial charge in [0, 0.05) is 31.6 Å². The smallest absolute Gasteiger partial charge is 0.305 e. The van der Waals surface area contributed by atoms with E-state index in [0.717, 1.165) is 5.56 Å². The molecule has 0 fully saturated rings. The van der Waals surface area contributed by atoms with E-state index in [1.807, 2.05) is 0 Å². The topological polar surface area (TPSA) is 83.6 Å². The molecule has 0 radical (unpaired) electrons. The van der Waals surface area contributed by atoms with Crippen molar-refractivity contribution in [2.45, 2.75) is 13.0 Å². The van der Waals surface area contributed by atoms with Crippen molar-refractivity contribution in [3.05, 3.63) is 60.3 Å². The van der Waals surface area contributed by atoms with Crippen LogP contribution in [-0.4, -0.2) is 33.4 Å². The van der Waals surface area contributed by atoms with Crippen LogP contribution in [0.25, 0.3) is 6.08 Å². The number of aliphatic carboxylic acids is 1. The number of carboxylic acids is 1. The molecule has 114 valence electrons. The number of aromatic nitrogens is 1. The van der Waals surface area contributed by atoms with Gasteiger partial charge in [-0.1, -0.05) is 0 Å². The summed E-state index contributed by atoms with van der Waals surface area (Å²) in [6.07, 6.45) is 7.61. The van der Waals surface area contributed by atoms with Gasteiger partial charge in [0.05, 0.1) is 12.7 Å². The number of nitrogens with zero attached hydrogens (tertiary/aromatic N) is 2. The van der Waals surface area contributed by atoms with E-state index >= 15 is 0 Å². The normalized spacial score (nSPS) is 10.7. The van der Waals surface area contributed by atoms with Gasteiger partial charge in [0.25, 0.3) is 0 Å². The van der Waals surface area contributed by atoms with Crippen molar-refractivity contribution < 1.29 is 19.1 Å². The number of pyridine rings is 1. The lowest BCUT2D eigenvalue weighted by molar-refractivity contribution is -0.138. The van der Waals surface area contributed by atoms with Gasteiger partial charge in [-0.2, -0.15) is 0 Å². The first-order chi connectivity index (χ1) is 10.6. The van der Waals surface area contributed by atoms with Gasteiger partial charge in [-0.15, -0.1) is 0 Å². The van der Waals surface area contributed by atoms with E-state index in [1.54, 1.807) is 42.7 Å². The molecule has 0 aliphatic heterocycles. The van der Waals surface area contributed by atoms with E-state index in [0.29, 0.717) is 12.3 Å². The Labute approximate surface area is 127 Å². The molecule has 2 rings (SSSR count). The van der Waals surface area contributed by atoms with E-state index in [2.05, 4.69) is 4.98 Å². The second kappa shape index (κ2) is 7.78. The maximum Gasteiger partial charge on any atom is 0.305 e. The van der Waals surface area contributed by atoms with Crippen LogP contribution in [0.1, 0.15) is 17.7 Å². The zero-order chi connectivity index (χ0) is 15.8. The SMILES string of the molecule is O=C(O)CCN(Cc1ccncc1)C(=O)/C=C/c1ccco1. The molecule has 0 aliphatic rings. The fourth-order valence-corrected chi connectivity index (χ4v) is 1.85. The maximum absolute atomic E-state index is 12.2. The molecule has 0 saturated carbocycles. The first kappa shape index (κ1) is 15.5. The summed E-state index contributed by atoms with van der Waals surface area (Å²) in [6, 6.07) is 7.03. The molecule has 1 amide bonds. The molecule has 1 N–H and O–H groups in total. The zero-order valence-electron chi connectivity index (χ0n) is 11.9. The van der Waals surface area contributed by atoms with Gasteiger partial charge in [-0.05, 0) is 35.9 Å².